The maximum Gasteiger partial charge on any atom is 0.354 e. The number of anilines is 1. The van der Waals surface area contributed by atoms with E-state index in [4.69, 9.17) is 9.52 Å². The topological polar surface area (TPSA) is 88.2 Å². The lowest BCUT2D eigenvalue weighted by Gasteiger charge is -2.03. The Balaban J connectivity index is 2.53. The Hall–Kier alpha value is -1.89. The van der Waals surface area contributed by atoms with Crippen molar-refractivity contribution in [3.05, 3.63) is 28.6 Å². The number of halogens is 1. The zero-order chi connectivity index (χ0) is 12.4. The van der Waals surface area contributed by atoms with Gasteiger partial charge in [0.1, 0.15) is 5.82 Å². The van der Waals surface area contributed by atoms with Gasteiger partial charge in [-0.2, -0.15) is 0 Å². The Kier molecular flexibility index (Phi) is 3.10. The quantitative estimate of drug-likeness (QED) is 0.903. The zero-order valence-corrected chi connectivity index (χ0v) is 10.4. The van der Waals surface area contributed by atoms with Gasteiger partial charge in [0, 0.05) is 13.1 Å². The van der Waals surface area contributed by atoms with Gasteiger partial charge >= 0.3 is 5.97 Å². The van der Waals surface area contributed by atoms with E-state index >= 15 is 0 Å². The van der Waals surface area contributed by atoms with E-state index in [-0.39, 0.29) is 11.5 Å². The molecule has 2 heterocycles. The molecule has 0 spiro atoms. The molecule has 0 aliphatic heterocycles. The van der Waals surface area contributed by atoms with Gasteiger partial charge in [0.15, 0.2) is 21.9 Å². The first-order valence-corrected chi connectivity index (χ1v) is 5.45. The molecule has 2 aromatic rings. The molecule has 0 saturated carbocycles. The molecule has 0 atom stereocenters. The molecule has 7 heteroatoms. The number of carbonyl (C=O) groups is 1. The summed E-state index contributed by atoms with van der Waals surface area (Å²) in [6, 6.07) is 4.69. The molecule has 0 saturated heterocycles. The number of hydrogen-bond donors (Lipinski definition) is 2. The molecule has 0 bridgehead atoms. The molecule has 0 amide bonds. The largest absolute Gasteiger partial charge is 0.477 e. The van der Waals surface area contributed by atoms with Gasteiger partial charge in [-0.1, -0.05) is 0 Å². The Morgan fingerprint density at radius 2 is 2.24 bits per heavy atom. The molecule has 2 N–H and O–H groups in total. The molecule has 88 valence electrons. The van der Waals surface area contributed by atoms with E-state index in [1.807, 2.05) is 0 Å². The molecule has 0 fully saturated rings. The minimum atomic E-state index is -1.12. The molecule has 17 heavy (non-hydrogen) atoms. The smallest absolute Gasteiger partial charge is 0.354 e. The molecule has 0 aromatic carbocycles. The lowest BCUT2D eigenvalue weighted by Crippen LogP contribution is -2.05. The lowest BCUT2D eigenvalue weighted by molar-refractivity contribution is 0.0690. The second-order valence-electron chi connectivity index (χ2n) is 3.12. The summed E-state index contributed by atoms with van der Waals surface area (Å²) in [6.45, 7) is 0. The number of aromatic nitrogens is 2. The van der Waals surface area contributed by atoms with Crippen molar-refractivity contribution in [1.82, 2.24) is 9.97 Å². The first-order valence-electron chi connectivity index (χ1n) is 4.66. The standard InChI is InChI=1S/C10H8BrN3O3/c1-12-8-4-5(10(15)16)13-9(14-8)6-2-3-7(11)17-6/h2-4H,1H3,(H,15,16)(H,12,13,14). The summed E-state index contributed by atoms with van der Waals surface area (Å²) >= 11 is 3.16. The fourth-order valence-corrected chi connectivity index (χ4v) is 1.54. The normalized spacial score (nSPS) is 10.2. The van der Waals surface area contributed by atoms with Crippen LogP contribution in [0.4, 0.5) is 5.82 Å². The summed E-state index contributed by atoms with van der Waals surface area (Å²) in [4.78, 5) is 18.9. The molecular formula is C10H8BrN3O3. The van der Waals surface area contributed by atoms with Crippen LogP contribution >= 0.6 is 15.9 Å². The van der Waals surface area contributed by atoms with Gasteiger partial charge in [0.25, 0.3) is 0 Å². The first kappa shape index (κ1) is 11.6. The van der Waals surface area contributed by atoms with E-state index in [0.29, 0.717) is 16.2 Å². The molecular weight excluding hydrogens is 290 g/mol. The summed E-state index contributed by atoms with van der Waals surface area (Å²) in [6.07, 6.45) is 0. The van der Waals surface area contributed by atoms with Crippen LogP contribution in [0.5, 0.6) is 0 Å². The summed E-state index contributed by atoms with van der Waals surface area (Å²) in [5, 5.41) is 11.7. The average molecular weight is 298 g/mol. The first-order chi connectivity index (χ1) is 8.10. The molecule has 2 rings (SSSR count). The van der Waals surface area contributed by atoms with E-state index in [9.17, 15) is 4.79 Å². The Morgan fingerprint density at radius 3 is 2.76 bits per heavy atom. The van der Waals surface area contributed by atoms with Gasteiger partial charge in [0.05, 0.1) is 0 Å². The highest BCUT2D eigenvalue weighted by molar-refractivity contribution is 9.10. The second-order valence-corrected chi connectivity index (χ2v) is 3.90. The lowest BCUT2D eigenvalue weighted by atomic mass is 10.3. The number of nitrogens with zero attached hydrogens (tertiary/aromatic N) is 2. The SMILES string of the molecule is CNc1cc(C(=O)O)nc(-c2ccc(Br)o2)n1. The van der Waals surface area contributed by atoms with E-state index in [1.165, 1.54) is 6.07 Å². The van der Waals surface area contributed by atoms with Crippen LogP contribution in [0.25, 0.3) is 11.6 Å². The Bertz CT molecular complexity index is 568. The summed E-state index contributed by atoms with van der Waals surface area (Å²) in [5.41, 5.74) is -0.0909. The van der Waals surface area contributed by atoms with Crippen molar-refractivity contribution in [1.29, 1.82) is 0 Å². The van der Waals surface area contributed by atoms with Crippen molar-refractivity contribution in [3.63, 3.8) is 0 Å². The van der Waals surface area contributed by atoms with Crippen LogP contribution in [0.2, 0.25) is 0 Å². The van der Waals surface area contributed by atoms with Crippen LogP contribution in [-0.4, -0.2) is 28.1 Å². The maximum atomic E-state index is 10.9. The molecule has 0 unspecified atom stereocenters. The van der Waals surface area contributed by atoms with Gasteiger partial charge in [0.2, 0.25) is 0 Å². The minimum absolute atomic E-state index is 0.0909. The van der Waals surface area contributed by atoms with E-state index in [0.717, 1.165) is 0 Å². The van der Waals surface area contributed by atoms with Crippen molar-refractivity contribution in [3.8, 4) is 11.6 Å². The third-order valence-electron chi connectivity index (χ3n) is 1.99. The minimum Gasteiger partial charge on any atom is -0.477 e. The van der Waals surface area contributed by atoms with Gasteiger partial charge in [-0.05, 0) is 28.1 Å². The van der Waals surface area contributed by atoms with Gasteiger partial charge in [-0.3, -0.25) is 0 Å². The molecule has 0 radical (unpaired) electrons. The van der Waals surface area contributed by atoms with Crippen LogP contribution < -0.4 is 5.32 Å². The van der Waals surface area contributed by atoms with Crippen molar-refractivity contribution in [2.75, 3.05) is 12.4 Å². The number of furan rings is 1. The highest BCUT2D eigenvalue weighted by Crippen LogP contribution is 2.23. The highest BCUT2D eigenvalue weighted by atomic mass is 79.9. The molecule has 6 nitrogen and oxygen atoms in total. The van der Waals surface area contributed by atoms with Gasteiger partial charge < -0.3 is 14.8 Å². The predicted octanol–water partition coefficient (Wildman–Crippen LogP) is 2.24. The van der Waals surface area contributed by atoms with Crippen LogP contribution in [0, 0.1) is 0 Å². The van der Waals surface area contributed by atoms with Gasteiger partial charge in [-0.15, -0.1) is 0 Å². The van der Waals surface area contributed by atoms with Crippen molar-refractivity contribution in [2.45, 2.75) is 0 Å². The van der Waals surface area contributed by atoms with E-state index in [2.05, 4.69) is 31.2 Å². The third-order valence-corrected chi connectivity index (χ3v) is 2.42. The number of carboxylic acid groups (broad SMARTS) is 1. The molecule has 0 aliphatic rings. The number of rotatable bonds is 3. The van der Waals surface area contributed by atoms with Crippen molar-refractivity contribution < 1.29 is 14.3 Å². The monoisotopic (exact) mass is 297 g/mol. The van der Waals surface area contributed by atoms with E-state index < -0.39 is 5.97 Å². The van der Waals surface area contributed by atoms with Gasteiger partial charge in [-0.25, -0.2) is 14.8 Å². The van der Waals surface area contributed by atoms with Crippen LogP contribution in [-0.2, 0) is 0 Å². The van der Waals surface area contributed by atoms with Crippen LogP contribution in [0.15, 0.2) is 27.3 Å². The number of aromatic carboxylic acids is 1. The molecule has 0 aliphatic carbocycles. The summed E-state index contributed by atoms with van der Waals surface area (Å²) < 4.78 is 5.81. The van der Waals surface area contributed by atoms with Crippen molar-refractivity contribution in [2.24, 2.45) is 0 Å². The number of nitrogens with one attached hydrogen (secondary N) is 1. The second kappa shape index (κ2) is 4.54. The average Bonchev–Trinajstić information content (AvgIpc) is 2.75. The Morgan fingerprint density at radius 1 is 1.47 bits per heavy atom. The zero-order valence-electron chi connectivity index (χ0n) is 8.77. The molecule has 2 aromatic heterocycles. The fourth-order valence-electron chi connectivity index (χ4n) is 1.23. The highest BCUT2D eigenvalue weighted by Gasteiger charge is 2.13. The van der Waals surface area contributed by atoms with Crippen LogP contribution in [0.3, 0.4) is 0 Å². The number of hydrogen-bond acceptors (Lipinski definition) is 5. The predicted molar refractivity (Wildman–Crippen MR) is 63.9 cm³/mol. The van der Waals surface area contributed by atoms with Crippen LogP contribution in [0.1, 0.15) is 10.5 Å². The van der Waals surface area contributed by atoms with E-state index in [1.54, 1.807) is 19.2 Å². The number of carboxylic acids is 1. The fraction of sp³-hybridized carbons (Fsp3) is 0.100. The summed E-state index contributed by atoms with van der Waals surface area (Å²) in [5.74, 6) is -0.0767. The van der Waals surface area contributed by atoms with Crippen molar-refractivity contribution >= 4 is 27.7 Å². The Labute approximate surface area is 105 Å². The maximum absolute atomic E-state index is 10.9. The third kappa shape index (κ3) is 2.44. The summed E-state index contributed by atoms with van der Waals surface area (Å²) in [7, 11) is 1.65.